The van der Waals surface area contributed by atoms with Crippen LogP contribution in [0.3, 0.4) is 0 Å². The predicted octanol–water partition coefficient (Wildman–Crippen LogP) is 2.92. The van der Waals surface area contributed by atoms with E-state index in [-0.39, 0.29) is 43.2 Å². The van der Waals surface area contributed by atoms with Crippen molar-refractivity contribution in [3.05, 3.63) is 36.0 Å². The van der Waals surface area contributed by atoms with Gasteiger partial charge in [-0.15, -0.1) is 0 Å². The molecule has 0 aliphatic rings. The molecular formula is C23H32N4O5. The number of carbonyl (C=O) groups excluding carboxylic acids is 3. The topological polar surface area (TPSA) is 103 Å². The van der Waals surface area contributed by atoms with Crippen molar-refractivity contribution in [2.24, 2.45) is 0 Å². The van der Waals surface area contributed by atoms with Gasteiger partial charge in [-0.2, -0.15) is 5.10 Å². The molecule has 0 aliphatic heterocycles. The minimum Gasteiger partial charge on any atom is -0.497 e. The van der Waals surface area contributed by atoms with Crippen molar-refractivity contribution >= 4 is 23.6 Å². The zero-order chi connectivity index (χ0) is 23.9. The number of ether oxygens (including phenoxy) is 2. The van der Waals surface area contributed by atoms with Gasteiger partial charge in [0.1, 0.15) is 11.6 Å². The molecule has 1 N–H and O–H groups in total. The summed E-state index contributed by atoms with van der Waals surface area (Å²) in [6.45, 7) is 7.93. The molecule has 2 rings (SSSR count). The molecular weight excluding hydrogens is 412 g/mol. The molecule has 1 heterocycles. The van der Waals surface area contributed by atoms with E-state index in [0.29, 0.717) is 11.6 Å². The average molecular weight is 445 g/mol. The maximum atomic E-state index is 12.7. The highest BCUT2D eigenvalue weighted by Crippen LogP contribution is 2.27. The molecule has 0 aliphatic carbocycles. The number of amides is 2. The summed E-state index contributed by atoms with van der Waals surface area (Å²) in [6.07, 6.45) is -0.0294. The number of nitrogens with zero attached hydrogens (tertiary/aromatic N) is 3. The second kappa shape index (κ2) is 10.8. The van der Waals surface area contributed by atoms with Gasteiger partial charge in [0, 0.05) is 24.9 Å². The van der Waals surface area contributed by atoms with E-state index >= 15 is 0 Å². The third kappa shape index (κ3) is 6.83. The summed E-state index contributed by atoms with van der Waals surface area (Å²) < 4.78 is 11.7. The van der Waals surface area contributed by atoms with Crippen molar-refractivity contribution in [1.82, 2.24) is 14.7 Å². The van der Waals surface area contributed by atoms with Crippen molar-refractivity contribution in [3.63, 3.8) is 0 Å². The van der Waals surface area contributed by atoms with Gasteiger partial charge in [-0.3, -0.25) is 14.4 Å². The number of rotatable bonds is 9. The molecule has 2 aromatic rings. The molecule has 2 amide bonds. The lowest BCUT2D eigenvalue weighted by Gasteiger charge is -2.17. The largest absolute Gasteiger partial charge is 0.497 e. The van der Waals surface area contributed by atoms with Crippen molar-refractivity contribution in [2.45, 2.75) is 46.0 Å². The lowest BCUT2D eigenvalue weighted by atomic mass is 9.92. The van der Waals surface area contributed by atoms with Gasteiger partial charge in [0.2, 0.25) is 11.8 Å². The standard InChI is InChI=1S/C23H32N4O5/c1-7-32-22(30)13-12-21(29)26(5)15-20(28)24-19-14-18(23(2,3)4)25-27(19)16-8-10-17(31-6)11-9-16/h8-11,14H,7,12-13,15H2,1-6H3,(H,24,28). The maximum Gasteiger partial charge on any atom is 0.306 e. The van der Waals surface area contributed by atoms with Crippen molar-refractivity contribution < 1.29 is 23.9 Å². The van der Waals surface area contributed by atoms with E-state index in [4.69, 9.17) is 9.47 Å². The Labute approximate surface area is 188 Å². The number of aromatic nitrogens is 2. The van der Waals surface area contributed by atoms with Crippen LogP contribution in [0, 0.1) is 0 Å². The van der Waals surface area contributed by atoms with Crippen LogP contribution in [-0.4, -0.2) is 59.8 Å². The van der Waals surface area contributed by atoms with Crippen LogP contribution in [0.1, 0.15) is 46.2 Å². The summed E-state index contributed by atoms with van der Waals surface area (Å²) in [5.74, 6) is 0.0964. The molecule has 0 saturated carbocycles. The number of hydrogen-bond acceptors (Lipinski definition) is 6. The van der Waals surface area contributed by atoms with E-state index in [1.54, 1.807) is 18.7 Å². The first-order valence-corrected chi connectivity index (χ1v) is 10.5. The van der Waals surface area contributed by atoms with Gasteiger partial charge >= 0.3 is 5.97 Å². The van der Waals surface area contributed by atoms with Crippen molar-refractivity contribution in [1.29, 1.82) is 0 Å². The van der Waals surface area contributed by atoms with E-state index in [1.807, 2.05) is 51.1 Å². The van der Waals surface area contributed by atoms with E-state index in [0.717, 1.165) is 11.4 Å². The SMILES string of the molecule is CCOC(=O)CCC(=O)N(C)CC(=O)Nc1cc(C(C)(C)C)nn1-c1ccc(OC)cc1. The minimum atomic E-state index is -0.434. The summed E-state index contributed by atoms with van der Waals surface area (Å²) in [7, 11) is 3.12. The van der Waals surface area contributed by atoms with Gasteiger partial charge in [-0.1, -0.05) is 20.8 Å². The highest BCUT2D eigenvalue weighted by Gasteiger charge is 2.22. The summed E-state index contributed by atoms with van der Waals surface area (Å²) in [5, 5.41) is 7.52. The highest BCUT2D eigenvalue weighted by molar-refractivity contribution is 5.94. The molecule has 1 aromatic carbocycles. The van der Waals surface area contributed by atoms with Crippen LogP contribution in [-0.2, 0) is 24.5 Å². The van der Waals surface area contributed by atoms with Crippen LogP contribution in [0.15, 0.2) is 30.3 Å². The molecule has 174 valence electrons. The Morgan fingerprint density at radius 3 is 2.34 bits per heavy atom. The summed E-state index contributed by atoms with van der Waals surface area (Å²) >= 11 is 0. The van der Waals surface area contributed by atoms with Crippen LogP contribution in [0.2, 0.25) is 0 Å². The quantitative estimate of drug-likeness (QED) is 0.597. The van der Waals surface area contributed by atoms with E-state index in [2.05, 4.69) is 10.4 Å². The number of anilines is 1. The monoisotopic (exact) mass is 444 g/mol. The molecule has 1 aromatic heterocycles. The fourth-order valence-corrected chi connectivity index (χ4v) is 2.88. The first kappa shape index (κ1) is 24.9. The van der Waals surface area contributed by atoms with E-state index < -0.39 is 5.97 Å². The summed E-state index contributed by atoms with van der Waals surface area (Å²) in [4.78, 5) is 37.6. The first-order chi connectivity index (χ1) is 15.0. The molecule has 9 heteroatoms. The number of carbonyl (C=O) groups is 3. The van der Waals surface area contributed by atoms with Gasteiger partial charge in [-0.05, 0) is 31.2 Å². The Hall–Kier alpha value is -3.36. The minimum absolute atomic E-state index is 0.0133. The second-order valence-electron chi connectivity index (χ2n) is 8.38. The molecule has 0 saturated heterocycles. The van der Waals surface area contributed by atoms with E-state index in [1.165, 1.54) is 11.9 Å². The van der Waals surface area contributed by atoms with Gasteiger partial charge in [0.15, 0.2) is 0 Å². The number of benzene rings is 1. The number of esters is 1. The molecule has 0 atom stereocenters. The Morgan fingerprint density at radius 2 is 1.78 bits per heavy atom. The van der Waals surface area contributed by atoms with Crippen LogP contribution in [0.4, 0.5) is 5.82 Å². The van der Waals surface area contributed by atoms with Gasteiger partial charge in [-0.25, -0.2) is 4.68 Å². The number of hydrogen-bond donors (Lipinski definition) is 1. The lowest BCUT2D eigenvalue weighted by Crippen LogP contribution is -2.35. The fraction of sp³-hybridized carbons (Fsp3) is 0.478. The van der Waals surface area contributed by atoms with Crippen LogP contribution < -0.4 is 10.1 Å². The van der Waals surface area contributed by atoms with Crippen molar-refractivity contribution in [3.8, 4) is 11.4 Å². The maximum absolute atomic E-state index is 12.7. The normalized spacial score (nSPS) is 11.1. The average Bonchev–Trinajstić information content (AvgIpc) is 3.16. The Morgan fingerprint density at radius 1 is 1.12 bits per heavy atom. The number of methoxy groups -OCH3 is 1. The number of likely N-dealkylation sites (N-methyl/N-ethyl adjacent to an activating group) is 1. The van der Waals surface area contributed by atoms with Crippen LogP contribution >= 0.6 is 0 Å². The molecule has 0 spiro atoms. The smallest absolute Gasteiger partial charge is 0.306 e. The Kier molecular flexibility index (Phi) is 8.40. The molecule has 32 heavy (non-hydrogen) atoms. The zero-order valence-corrected chi connectivity index (χ0v) is 19.6. The molecule has 0 unspecified atom stereocenters. The Balaban J connectivity index is 2.12. The first-order valence-electron chi connectivity index (χ1n) is 10.5. The Bertz CT molecular complexity index is 944. The molecule has 9 nitrogen and oxygen atoms in total. The number of nitrogens with one attached hydrogen (secondary N) is 1. The predicted molar refractivity (Wildman–Crippen MR) is 121 cm³/mol. The van der Waals surface area contributed by atoms with Gasteiger partial charge in [0.25, 0.3) is 0 Å². The van der Waals surface area contributed by atoms with Crippen LogP contribution in [0.5, 0.6) is 5.75 Å². The van der Waals surface area contributed by atoms with Gasteiger partial charge in [0.05, 0.1) is 38.1 Å². The third-order valence-corrected chi connectivity index (χ3v) is 4.72. The molecule has 0 fully saturated rings. The van der Waals surface area contributed by atoms with Crippen LogP contribution in [0.25, 0.3) is 5.69 Å². The second-order valence-corrected chi connectivity index (χ2v) is 8.38. The fourth-order valence-electron chi connectivity index (χ4n) is 2.88. The third-order valence-electron chi connectivity index (χ3n) is 4.72. The van der Waals surface area contributed by atoms with Crippen molar-refractivity contribution in [2.75, 3.05) is 32.6 Å². The summed E-state index contributed by atoms with van der Waals surface area (Å²) in [6, 6.07) is 9.15. The lowest BCUT2D eigenvalue weighted by molar-refractivity contribution is -0.145. The van der Waals surface area contributed by atoms with Gasteiger partial charge < -0.3 is 19.7 Å². The van der Waals surface area contributed by atoms with E-state index in [9.17, 15) is 14.4 Å². The molecule has 0 bridgehead atoms. The molecule has 0 radical (unpaired) electrons. The highest BCUT2D eigenvalue weighted by atomic mass is 16.5. The summed E-state index contributed by atoms with van der Waals surface area (Å²) in [5.41, 5.74) is 1.34. The zero-order valence-electron chi connectivity index (χ0n) is 19.6.